The highest BCUT2D eigenvalue weighted by Crippen LogP contribution is 2.30. The highest BCUT2D eigenvalue weighted by molar-refractivity contribution is 7.80. The van der Waals surface area contributed by atoms with E-state index in [1.165, 1.54) is 4.90 Å². The lowest BCUT2D eigenvalue weighted by molar-refractivity contribution is -0.124. The Morgan fingerprint density at radius 2 is 1.70 bits per heavy atom. The Hall–Kier alpha value is -3.42. The lowest BCUT2D eigenvalue weighted by Gasteiger charge is -2.24. The minimum Gasteiger partial charge on any atom is -0.497 e. The summed E-state index contributed by atoms with van der Waals surface area (Å²) in [5.74, 6) is 0.222. The Kier molecular flexibility index (Phi) is 6.91. The summed E-state index contributed by atoms with van der Waals surface area (Å²) in [5, 5.41) is 3.76. The van der Waals surface area contributed by atoms with Crippen LogP contribution < -0.4 is 15.0 Å². The summed E-state index contributed by atoms with van der Waals surface area (Å²) in [6.07, 6.45) is -0.0336. The van der Waals surface area contributed by atoms with Crippen LogP contribution in [0.15, 0.2) is 78.9 Å². The number of hydrogen-bond donors (Lipinski definition) is 1. The van der Waals surface area contributed by atoms with Crippen LogP contribution in [0.3, 0.4) is 0 Å². The molecule has 168 valence electrons. The second-order valence-corrected chi connectivity index (χ2v) is 8.34. The fraction of sp³-hybridized carbons (Fsp3) is 0.160. The van der Waals surface area contributed by atoms with Crippen molar-refractivity contribution in [2.45, 2.75) is 19.0 Å². The van der Waals surface area contributed by atoms with Gasteiger partial charge in [-0.3, -0.25) is 14.5 Å². The van der Waals surface area contributed by atoms with Gasteiger partial charge in [0, 0.05) is 17.3 Å². The lowest BCUT2D eigenvalue weighted by atomic mass is 10.1. The molecular formula is C25H22ClN3O3S. The van der Waals surface area contributed by atoms with Gasteiger partial charge in [-0.1, -0.05) is 41.9 Å². The van der Waals surface area contributed by atoms with Crippen molar-refractivity contribution in [1.82, 2.24) is 4.90 Å². The number of nitrogens with zero attached hydrogens (tertiary/aromatic N) is 2. The maximum absolute atomic E-state index is 13.5. The van der Waals surface area contributed by atoms with Crippen molar-refractivity contribution < 1.29 is 14.3 Å². The van der Waals surface area contributed by atoms with Gasteiger partial charge in [0.15, 0.2) is 5.11 Å². The van der Waals surface area contributed by atoms with Crippen LogP contribution in [0, 0.1) is 0 Å². The second-order valence-electron chi connectivity index (χ2n) is 7.54. The first-order valence-electron chi connectivity index (χ1n) is 10.3. The van der Waals surface area contributed by atoms with Crippen LogP contribution in [0.25, 0.3) is 0 Å². The van der Waals surface area contributed by atoms with Crippen LogP contribution in [0.5, 0.6) is 5.75 Å². The summed E-state index contributed by atoms with van der Waals surface area (Å²) in [6, 6.07) is 22.8. The van der Waals surface area contributed by atoms with Crippen LogP contribution in [0.2, 0.25) is 5.02 Å². The fourth-order valence-electron chi connectivity index (χ4n) is 3.68. The van der Waals surface area contributed by atoms with E-state index in [9.17, 15) is 9.59 Å². The molecule has 1 saturated heterocycles. The van der Waals surface area contributed by atoms with Gasteiger partial charge in [-0.05, 0) is 66.3 Å². The number of ether oxygens (including phenoxy) is 1. The molecule has 1 aliphatic heterocycles. The van der Waals surface area contributed by atoms with E-state index >= 15 is 0 Å². The quantitative estimate of drug-likeness (QED) is 0.489. The Bertz CT molecular complexity index is 1150. The van der Waals surface area contributed by atoms with Crippen molar-refractivity contribution in [2.24, 2.45) is 0 Å². The summed E-state index contributed by atoms with van der Waals surface area (Å²) in [6.45, 7) is 0.377. The number of halogens is 1. The van der Waals surface area contributed by atoms with E-state index in [4.69, 9.17) is 28.6 Å². The average molecular weight is 480 g/mol. The van der Waals surface area contributed by atoms with Crippen LogP contribution in [0.1, 0.15) is 12.0 Å². The highest BCUT2D eigenvalue weighted by Gasteiger charge is 2.44. The van der Waals surface area contributed by atoms with Crippen LogP contribution in [-0.4, -0.2) is 35.0 Å². The zero-order valence-corrected chi connectivity index (χ0v) is 19.5. The Balaban J connectivity index is 1.60. The van der Waals surface area contributed by atoms with E-state index in [-0.39, 0.29) is 18.2 Å². The first kappa shape index (κ1) is 22.8. The maximum atomic E-state index is 13.5. The molecule has 3 aromatic rings. The number of para-hydroxylation sites is 1. The molecule has 1 heterocycles. The number of benzene rings is 3. The number of nitrogens with one attached hydrogen (secondary N) is 1. The van der Waals surface area contributed by atoms with Gasteiger partial charge in [0.2, 0.25) is 5.91 Å². The largest absolute Gasteiger partial charge is 0.497 e. The molecule has 0 aromatic heterocycles. The van der Waals surface area contributed by atoms with Gasteiger partial charge in [-0.2, -0.15) is 0 Å². The third-order valence-electron chi connectivity index (χ3n) is 5.35. The van der Waals surface area contributed by atoms with Crippen molar-refractivity contribution in [1.29, 1.82) is 0 Å². The lowest BCUT2D eigenvalue weighted by Crippen LogP contribution is -2.37. The third-order valence-corrected chi connectivity index (χ3v) is 6.02. The monoisotopic (exact) mass is 479 g/mol. The fourth-order valence-corrected chi connectivity index (χ4v) is 4.19. The summed E-state index contributed by atoms with van der Waals surface area (Å²) in [7, 11) is 1.61. The molecule has 0 spiro atoms. The summed E-state index contributed by atoms with van der Waals surface area (Å²) >= 11 is 11.7. The van der Waals surface area contributed by atoms with Gasteiger partial charge in [-0.25, -0.2) is 0 Å². The molecule has 0 bridgehead atoms. The first-order chi connectivity index (χ1) is 16.0. The predicted octanol–water partition coefficient (Wildman–Crippen LogP) is 4.88. The second kappa shape index (κ2) is 10.0. The number of carbonyl (C=O) groups excluding carboxylic acids is 2. The molecule has 1 aliphatic rings. The zero-order chi connectivity index (χ0) is 23.4. The summed E-state index contributed by atoms with van der Waals surface area (Å²) in [5.41, 5.74) is 2.23. The number of anilines is 2. The van der Waals surface area contributed by atoms with Crippen molar-refractivity contribution in [3.05, 3.63) is 89.4 Å². The standard InChI is InChI=1S/C25H22ClN3O3S/c1-32-21-13-7-17(8-14-21)16-28-22(15-23(30)27-19-5-3-2-4-6-19)24(31)29(25(28)33)20-11-9-18(26)10-12-20/h2-14,22H,15-16H2,1H3,(H,27,30)/t22-/m1/s1. The van der Waals surface area contributed by atoms with E-state index < -0.39 is 6.04 Å². The Morgan fingerprint density at radius 1 is 1.03 bits per heavy atom. The molecule has 1 fully saturated rings. The molecule has 4 rings (SSSR count). The van der Waals surface area contributed by atoms with E-state index in [1.54, 1.807) is 48.4 Å². The van der Waals surface area contributed by atoms with Crippen molar-refractivity contribution >= 4 is 52.1 Å². The smallest absolute Gasteiger partial charge is 0.256 e. The van der Waals surface area contributed by atoms with Crippen molar-refractivity contribution in [3.8, 4) is 5.75 Å². The molecule has 8 heteroatoms. The van der Waals surface area contributed by atoms with Crippen molar-refractivity contribution in [2.75, 3.05) is 17.3 Å². The van der Waals surface area contributed by atoms with Crippen molar-refractivity contribution in [3.63, 3.8) is 0 Å². The van der Waals surface area contributed by atoms with Gasteiger partial charge in [0.25, 0.3) is 5.91 Å². The van der Waals surface area contributed by atoms with E-state index in [2.05, 4.69) is 5.32 Å². The molecule has 0 saturated carbocycles. The number of amides is 2. The van der Waals surface area contributed by atoms with E-state index in [1.807, 2.05) is 42.5 Å². The van der Waals surface area contributed by atoms with E-state index in [0.717, 1.165) is 11.3 Å². The van der Waals surface area contributed by atoms with Gasteiger partial charge in [-0.15, -0.1) is 0 Å². The summed E-state index contributed by atoms with van der Waals surface area (Å²) in [4.78, 5) is 29.5. The van der Waals surface area contributed by atoms with Gasteiger partial charge in [0.05, 0.1) is 19.2 Å². The number of rotatable bonds is 7. The predicted molar refractivity (Wildman–Crippen MR) is 134 cm³/mol. The Morgan fingerprint density at radius 3 is 2.33 bits per heavy atom. The topological polar surface area (TPSA) is 61.9 Å². The summed E-state index contributed by atoms with van der Waals surface area (Å²) < 4.78 is 5.23. The van der Waals surface area contributed by atoms with Crippen LogP contribution >= 0.6 is 23.8 Å². The molecule has 1 atom stereocenters. The molecule has 0 unspecified atom stereocenters. The minimum absolute atomic E-state index is 0.0336. The third kappa shape index (κ3) is 5.16. The molecular weight excluding hydrogens is 458 g/mol. The molecule has 2 amide bonds. The number of carbonyl (C=O) groups is 2. The van der Waals surface area contributed by atoms with Gasteiger partial charge >= 0.3 is 0 Å². The molecule has 0 aliphatic carbocycles. The van der Waals surface area contributed by atoms with E-state index in [0.29, 0.717) is 28.1 Å². The number of methoxy groups -OCH3 is 1. The molecule has 3 aromatic carbocycles. The first-order valence-corrected chi connectivity index (χ1v) is 11.1. The number of hydrogen-bond acceptors (Lipinski definition) is 4. The maximum Gasteiger partial charge on any atom is 0.256 e. The minimum atomic E-state index is -0.737. The van der Waals surface area contributed by atoms with Crippen LogP contribution in [-0.2, 0) is 16.1 Å². The Labute approximate surface area is 202 Å². The average Bonchev–Trinajstić information content (AvgIpc) is 3.05. The zero-order valence-electron chi connectivity index (χ0n) is 17.9. The normalized spacial score (nSPS) is 15.6. The SMILES string of the molecule is COc1ccc(CN2C(=S)N(c3ccc(Cl)cc3)C(=O)[C@H]2CC(=O)Nc2ccccc2)cc1. The van der Waals surface area contributed by atoms with Crippen LogP contribution in [0.4, 0.5) is 11.4 Å². The molecule has 0 radical (unpaired) electrons. The molecule has 1 N–H and O–H groups in total. The van der Waals surface area contributed by atoms with Gasteiger partial charge < -0.3 is 15.0 Å². The molecule has 33 heavy (non-hydrogen) atoms. The molecule has 6 nitrogen and oxygen atoms in total. The van der Waals surface area contributed by atoms with Gasteiger partial charge in [0.1, 0.15) is 11.8 Å². The highest BCUT2D eigenvalue weighted by atomic mass is 35.5. The number of thiocarbonyl (C=S) groups is 1.